The van der Waals surface area contributed by atoms with Crippen LogP contribution in [0.15, 0.2) is 36.4 Å². The van der Waals surface area contributed by atoms with E-state index in [-0.39, 0.29) is 12.2 Å². The lowest BCUT2D eigenvalue weighted by Gasteiger charge is -2.38. The molecule has 0 unspecified atom stereocenters. The third-order valence-electron chi connectivity index (χ3n) is 4.78. The monoisotopic (exact) mass is 343 g/mol. The lowest BCUT2D eigenvalue weighted by molar-refractivity contribution is -0.731. The lowest BCUT2D eigenvalue weighted by atomic mass is 9.78. The third kappa shape index (κ3) is 3.00. The van der Waals surface area contributed by atoms with E-state index in [0.717, 1.165) is 17.5 Å². The van der Waals surface area contributed by atoms with Crippen LogP contribution in [0.5, 0.6) is 17.2 Å². The van der Waals surface area contributed by atoms with Crippen molar-refractivity contribution in [3.05, 3.63) is 53.1 Å². The van der Waals surface area contributed by atoms with Crippen molar-refractivity contribution in [2.24, 2.45) is 0 Å². The maximum Gasteiger partial charge on any atom is 0.166 e. The van der Waals surface area contributed by atoms with E-state index >= 15 is 0 Å². The molecule has 0 bridgehead atoms. The molecule has 25 heavy (non-hydrogen) atoms. The molecule has 1 heterocycles. The molecule has 1 aliphatic heterocycles. The molecule has 0 aromatic heterocycles. The fourth-order valence-corrected chi connectivity index (χ4v) is 3.50. The zero-order valence-electron chi connectivity index (χ0n) is 14.2. The number of quaternary nitrogens is 1. The van der Waals surface area contributed by atoms with Crippen molar-refractivity contribution < 1.29 is 29.8 Å². The molecule has 0 saturated heterocycles. The Labute approximate surface area is 146 Å². The first-order chi connectivity index (χ1) is 12.0. The van der Waals surface area contributed by atoms with Crippen LogP contribution < -0.4 is 19.9 Å². The summed E-state index contributed by atoms with van der Waals surface area (Å²) in [5.74, 6) is 0.0762. The molecule has 3 rings (SSSR count). The number of carboxylic acid groups (broad SMARTS) is 1. The van der Waals surface area contributed by atoms with Crippen molar-refractivity contribution in [3.8, 4) is 17.2 Å². The number of phenolic OH excluding ortho intramolecular Hbond substituents is 1. The van der Waals surface area contributed by atoms with Crippen LogP contribution in [0.1, 0.15) is 16.7 Å². The minimum absolute atomic E-state index is 0.144. The predicted octanol–water partition coefficient (Wildman–Crippen LogP) is -0.283. The number of benzene rings is 2. The minimum atomic E-state index is -1.25. The van der Waals surface area contributed by atoms with Crippen LogP contribution in [-0.4, -0.2) is 31.8 Å². The van der Waals surface area contributed by atoms with Crippen molar-refractivity contribution in [3.63, 3.8) is 0 Å². The van der Waals surface area contributed by atoms with Gasteiger partial charge in [0.1, 0.15) is 11.7 Å². The Kier molecular flexibility index (Phi) is 4.55. The second-order valence-corrected chi connectivity index (χ2v) is 6.21. The Morgan fingerprint density at radius 1 is 1.20 bits per heavy atom. The molecule has 0 fully saturated rings. The van der Waals surface area contributed by atoms with Gasteiger partial charge in [0.15, 0.2) is 17.0 Å². The van der Waals surface area contributed by atoms with E-state index in [0.29, 0.717) is 23.6 Å². The molecule has 2 aromatic carbocycles. The highest BCUT2D eigenvalue weighted by Crippen LogP contribution is 2.37. The minimum Gasteiger partial charge on any atom is -0.543 e. The number of hydrogen-bond donors (Lipinski definition) is 2. The Morgan fingerprint density at radius 3 is 2.44 bits per heavy atom. The highest BCUT2D eigenvalue weighted by molar-refractivity contribution is 5.79. The first kappa shape index (κ1) is 17.1. The van der Waals surface area contributed by atoms with E-state index in [9.17, 15) is 15.0 Å². The number of aromatic hydroxyl groups is 1. The molecular weight excluding hydrogens is 322 g/mol. The molecule has 0 spiro atoms. The normalized spacial score (nSPS) is 19.1. The summed E-state index contributed by atoms with van der Waals surface area (Å²) in [5, 5.41) is 23.5. The average Bonchev–Trinajstić information content (AvgIpc) is 2.62. The first-order valence-corrected chi connectivity index (χ1v) is 8.09. The number of carbonyl (C=O) groups excluding carboxylic acids is 1. The Balaban J connectivity index is 2.12. The largest absolute Gasteiger partial charge is 0.543 e. The van der Waals surface area contributed by atoms with Gasteiger partial charge in [-0.15, -0.1) is 0 Å². The van der Waals surface area contributed by atoms with Crippen LogP contribution in [0.2, 0.25) is 0 Å². The van der Waals surface area contributed by atoms with E-state index in [1.165, 1.54) is 7.11 Å². The number of nitrogens with two attached hydrogens (primary N) is 1. The van der Waals surface area contributed by atoms with Crippen LogP contribution in [0.25, 0.3) is 0 Å². The summed E-state index contributed by atoms with van der Waals surface area (Å²) in [6, 6.07) is 10.1. The maximum atomic E-state index is 12.2. The molecule has 1 atom stereocenters. The first-order valence-electron chi connectivity index (χ1n) is 8.09. The number of hydrogen-bond acceptors (Lipinski definition) is 5. The van der Waals surface area contributed by atoms with Gasteiger partial charge in [-0.05, 0) is 35.4 Å². The molecule has 0 saturated carbocycles. The molecule has 1 aliphatic rings. The third-order valence-corrected chi connectivity index (χ3v) is 4.78. The van der Waals surface area contributed by atoms with Crippen molar-refractivity contribution in [2.45, 2.75) is 18.4 Å². The standard InChI is InChI=1S/C19H21NO5/c1-24-16-9-13-7-8-20-19(18(22)23,15(13)10-17(16)25-2)11-12-3-5-14(21)6-4-12/h3-6,9-10,20-21H,7-8,11H2,1-2H3,(H,22,23)/t19-/m0/s1. The van der Waals surface area contributed by atoms with E-state index in [4.69, 9.17) is 9.47 Å². The van der Waals surface area contributed by atoms with Crippen LogP contribution in [0.3, 0.4) is 0 Å². The average molecular weight is 343 g/mol. The summed E-state index contributed by atoms with van der Waals surface area (Å²) in [7, 11) is 3.08. The van der Waals surface area contributed by atoms with Gasteiger partial charge in [-0.2, -0.15) is 0 Å². The zero-order chi connectivity index (χ0) is 18.0. The highest BCUT2D eigenvalue weighted by atomic mass is 16.5. The second-order valence-electron chi connectivity index (χ2n) is 6.21. The molecule has 0 radical (unpaired) electrons. The van der Waals surface area contributed by atoms with Gasteiger partial charge in [0.05, 0.1) is 20.8 Å². The maximum absolute atomic E-state index is 12.2. The molecule has 0 aliphatic carbocycles. The number of methoxy groups -OCH3 is 2. The number of phenols is 1. The number of carbonyl (C=O) groups is 1. The zero-order valence-corrected chi connectivity index (χ0v) is 14.2. The molecule has 2 aromatic rings. The number of rotatable bonds is 5. The number of ether oxygens (including phenoxy) is 2. The van der Waals surface area contributed by atoms with Crippen molar-refractivity contribution in [1.29, 1.82) is 0 Å². The fourth-order valence-electron chi connectivity index (χ4n) is 3.50. The highest BCUT2D eigenvalue weighted by Gasteiger charge is 2.43. The number of fused-ring (bicyclic) bond motifs is 1. The SMILES string of the molecule is COc1cc2c(cc1OC)[C@@](Cc1ccc(O)cc1)(C(=O)[O-])[NH2+]CC2. The fraction of sp³-hybridized carbons (Fsp3) is 0.316. The number of carboxylic acids is 1. The van der Waals surface area contributed by atoms with Gasteiger partial charge in [0.2, 0.25) is 0 Å². The molecule has 3 N–H and O–H groups in total. The quantitative estimate of drug-likeness (QED) is 0.778. The van der Waals surface area contributed by atoms with Gasteiger partial charge in [-0.3, -0.25) is 0 Å². The Bertz CT molecular complexity index is 787. The van der Waals surface area contributed by atoms with Crippen LogP contribution in [-0.2, 0) is 23.2 Å². The Morgan fingerprint density at radius 2 is 1.84 bits per heavy atom. The van der Waals surface area contributed by atoms with Gasteiger partial charge in [-0.25, -0.2) is 0 Å². The molecule has 0 amide bonds. The van der Waals surface area contributed by atoms with Crippen molar-refractivity contribution >= 4 is 5.97 Å². The second kappa shape index (κ2) is 6.64. The summed E-state index contributed by atoms with van der Waals surface area (Å²) in [6.07, 6.45) is 0.985. The summed E-state index contributed by atoms with van der Waals surface area (Å²) < 4.78 is 10.7. The summed E-state index contributed by atoms with van der Waals surface area (Å²) in [4.78, 5) is 12.2. The smallest absolute Gasteiger partial charge is 0.166 e. The van der Waals surface area contributed by atoms with E-state index in [1.807, 2.05) is 11.4 Å². The van der Waals surface area contributed by atoms with Gasteiger partial charge in [0.25, 0.3) is 0 Å². The van der Waals surface area contributed by atoms with Crippen molar-refractivity contribution in [2.75, 3.05) is 20.8 Å². The van der Waals surface area contributed by atoms with Gasteiger partial charge in [0, 0.05) is 18.4 Å². The molecule has 132 valence electrons. The van der Waals surface area contributed by atoms with E-state index in [1.54, 1.807) is 37.4 Å². The van der Waals surface area contributed by atoms with Gasteiger partial charge in [-0.1, -0.05) is 12.1 Å². The summed E-state index contributed by atoms with van der Waals surface area (Å²) >= 11 is 0. The summed E-state index contributed by atoms with van der Waals surface area (Å²) in [6.45, 7) is 0.633. The van der Waals surface area contributed by atoms with Gasteiger partial charge < -0.3 is 29.8 Å². The van der Waals surface area contributed by atoms with Crippen LogP contribution in [0, 0.1) is 0 Å². The topological polar surface area (TPSA) is 95.4 Å². The van der Waals surface area contributed by atoms with Crippen LogP contribution >= 0.6 is 0 Å². The predicted molar refractivity (Wildman–Crippen MR) is 88.5 cm³/mol. The van der Waals surface area contributed by atoms with Crippen molar-refractivity contribution in [1.82, 2.24) is 0 Å². The van der Waals surface area contributed by atoms with E-state index < -0.39 is 11.5 Å². The number of aliphatic carboxylic acids is 1. The molecule has 6 heteroatoms. The van der Waals surface area contributed by atoms with Crippen LogP contribution in [0.4, 0.5) is 0 Å². The molecule has 6 nitrogen and oxygen atoms in total. The van der Waals surface area contributed by atoms with E-state index in [2.05, 4.69) is 0 Å². The summed E-state index contributed by atoms with van der Waals surface area (Å²) in [5.41, 5.74) is 1.15. The Hall–Kier alpha value is -2.73. The molecular formula is C19H21NO5. The lowest BCUT2D eigenvalue weighted by Crippen LogP contribution is -3.00. The van der Waals surface area contributed by atoms with Gasteiger partial charge >= 0.3 is 0 Å².